The Morgan fingerprint density at radius 3 is 2.43 bits per heavy atom. The molecule has 76 valence electrons. The zero-order chi connectivity index (χ0) is 9.97. The molecule has 2 heteroatoms. The Kier molecular flexibility index (Phi) is 2.73. The third-order valence-electron chi connectivity index (χ3n) is 2.99. The molecule has 2 atom stereocenters. The molecule has 1 aromatic rings. The minimum atomic E-state index is -0.0953. The topological polar surface area (TPSA) is 29.5 Å². The molecule has 0 radical (unpaired) electrons. The highest BCUT2D eigenvalue weighted by Crippen LogP contribution is 2.34. The molecule has 0 aromatic heterocycles. The summed E-state index contributed by atoms with van der Waals surface area (Å²) >= 11 is 0. The number of rotatable bonds is 2. The maximum absolute atomic E-state index is 9.44. The average molecular weight is 192 g/mol. The van der Waals surface area contributed by atoms with Gasteiger partial charge in [0.1, 0.15) is 5.75 Å². The molecule has 0 heterocycles. The molecule has 0 amide bonds. The number of hydrogen-bond acceptors (Lipinski definition) is 2. The Morgan fingerprint density at radius 2 is 1.93 bits per heavy atom. The van der Waals surface area contributed by atoms with Gasteiger partial charge in [0, 0.05) is 0 Å². The third-order valence-corrected chi connectivity index (χ3v) is 2.99. The standard InChI is InChI=1S/C12H16O2/c1-14-12-6-3-9(4-7-12)10-2-5-11(13)8-10/h3-4,6-7,10-11,13H,2,5,8H2,1H3/t10-,11-/m1/s1. The predicted molar refractivity (Wildman–Crippen MR) is 55.6 cm³/mol. The first-order valence-corrected chi connectivity index (χ1v) is 5.11. The molecule has 1 aliphatic rings. The molecule has 1 aromatic carbocycles. The number of benzene rings is 1. The highest BCUT2D eigenvalue weighted by Gasteiger charge is 2.23. The summed E-state index contributed by atoms with van der Waals surface area (Å²) in [6.07, 6.45) is 2.86. The summed E-state index contributed by atoms with van der Waals surface area (Å²) in [5.74, 6) is 1.43. The molecule has 1 aliphatic carbocycles. The van der Waals surface area contributed by atoms with E-state index in [9.17, 15) is 5.11 Å². The van der Waals surface area contributed by atoms with Gasteiger partial charge in [0.05, 0.1) is 13.2 Å². The normalized spacial score (nSPS) is 26.4. The van der Waals surface area contributed by atoms with Crippen LogP contribution in [0.2, 0.25) is 0 Å². The lowest BCUT2D eigenvalue weighted by molar-refractivity contribution is 0.181. The first-order valence-electron chi connectivity index (χ1n) is 5.11. The molecule has 1 fully saturated rings. The Labute approximate surface area is 84.5 Å². The van der Waals surface area contributed by atoms with Gasteiger partial charge in [0.25, 0.3) is 0 Å². The van der Waals surface area contributed by atoms with E-state index in [1.807, 2.05) is 12.1 Å². The number of aliphatic hydroxyl groups excluding tert-OH is 1. The van der Waals surface area contributed by atoms with Crippen LogP contribution in [-0.4, -0.2) is 18.3 Å². The Balaban J connectivity index is 2.09. The van der Waals surface area contributed by atoms with E-state index >= 15 is 0 Å². The highest BCUT2D eigenvalue weighted by atomic mass is 16.5. The molecular weight excluding hydrogens is 176 g/mol. The van der Waals surface area contributed by atoms with Crippen molar-refractivity contribution in [1.82, 2.24) is 0 Å². The Morgan fingerprint density at radius 1 is 1.21 bits per heavy atom. The van der Waals surface area contributed by atoms with Gasteiger partial charge in [-0.3, -0.25) is 0 Å². The fraction of sp³-hybridized carbons (Fsp3) is 0.500. The summed E-state index contributed by atoms with van der Waals surface area (Å²) in [6, 6.07) is 8.17. The molecule has 0 spiro atoms. The van der Waals surface area contributed by atoms with Crippen LogP contribution in [0.25, 0.3) is 0 Å². The second-order valence-electron chi connectivity index (χ2n) is 3.94. The van der Waals surface area contributed by atoms with Gasteiger partial charge >= 0.3 is 0 Å². The molecule has 14 heavy (non-hydrogen) atoms. The fourth-order valence-corrected chi connectivity index (χ4v) is 2.14. The van der Waals surface area contributed by atoms with Crippen LogP contribution in [0.1, 0.15) is 30.7 Å². The predicted octanol–water partition coefficient (Wildman–Crippen LogP) is 2.32. The lowest BCUT2D eigenvalue weighted by Gasteiger charge is -2.10. The summed E-state index contributed by atoms with van der Waals surface area (Å²) in [6.45, 7) is 0. The first-order chi connectivity index (χ1) is 6.79. The lowest BCUT2D eigenvalue weighted by atomic mass is 9.98. The quantitative estimate of drug-likeness (QED) is 0.779. The Hall–Kier alpha value is -1.02. The average Bonchev–Trinajstić information content (AvgIpc) is 2.65. The summed E-state index contributed by atoms with van der Waals surface area (Å²) in [4.78, 5) is 0. The van der Waals surface area contributed by atoms with Crippen molar-refractivity contribution in [3.05, 3.63) is 29.8 Å². The number of ether oxygens (including phenoxy) is 1. The van der Waals surface area contributed by atoms with Gasteiger partial charge in [0.2, 0.25) is 0 Å². The van der Waals surface area contributed by atoms with Gasteiger partial charge in [-0.1, -0.05) is 12.1 Å². The fourth-order valence-electron chi connectivity index (χ4n) is 2.14. The molecule has 0 aliphatic heterocycles. The van der Waals surface area contributed by atoms with Crippen molar-refractivity contribution >= 4 is 0 Å². The van der Waals surface area contributed by atoms with Crippen LogP contribution in [0.4, 0.5) is 0 Å². The number of hydrogen-bond donors (Lipinski definition) is 1. The second kappa shape index (κ2) is 4.01. The van der Waals surface area contributed by atoms with E-state index in [0.717, 1.165) is 25.0 Å². The largest absolute Gasteiger partial charge is 0.497 e. The molecule has 2 rings (SSSR count). The van der Waals surface area contributed by atoms with Crippen LogP contribution >= 0.6 is 0 Å². The highest BCUT2D eigenvalue weighted by molar-refractivity contribution is 5.29. The van der Waals surface area contributed by atoms with Crippen LogP contribution < -0.4 is 4.74 Å². The third kappa shape index (κ3) is 1.90. The van der Waals surface area contributed by atoms with E-state index in [2.05, 4.69) is 12.1 Å². The maximum atomic E-state index is 9.44. The second-order valence-corrected chi connectivity index (χ2v) is 3.94. The van der Waals surface area contributed by atoms with Crippen molar-refractivity contribution in [2.24, 2.45) is 0 Å². The van der Waals surface area contributed by atoms with Gasteiger partial charge in [-0.2, -0.15) is 0 Å². The monoisotopic (exact) mass is 192 g/mol. The van der Waals surface area contributed by atoms with Crippen LogP contribution in [0.15, 0.2) is 24.3 Å². The van der Waals surface area contributed by atoms with E-state index in [1.54, 1.807) is 7.11 Å². The van der Waals surface area contributed by atoms with Crippen LogP contribution in [0.3, 0.4) is 0 Å². The van der Waals surface area contributed by atoms with Gasteiger partial charge in [-0.15, -0.1) is 0 Å². The van der Waals surface area contributed by atoms with Crippen molar-refractivity contribution in [2.45, 2.75) is 31.3 Å². The molecule has 1 N–H and O–H groups in total. The summed E-state index contributed by atoms with van der Waals surface area (Å²) in [5, 5.41) is 9.44. The van der Waals surface area contributed by atoms with Crippen LogP contribution in [0, 0.1) is 0 Å². The van der Waals surface area contributed by atoms with Crippen molar-refractivity contribution in [1.29, 1.82) is 0 Å². The van der Waals surface area contributed by atoms with Crippen molar-refractivity contribution in [3.8, 4) is 5.75 Å². The molecule has 1 saturated carbocycles. The van der Waals surface area contributed by atoms with Crippen molar-refractivity contribution in [2.75, 3.05) is 7.11 Å². The smallest absolute Gasteiger partial charge is 0.118 e. The van der Waals surface area contributed by atoms with Crippen molar-refractivity contribution in [3.63, 3.8) is 0 Å². The van der Waals surface area contributed by atoms with Gasteiger partial charge in [-0.25, -0.2) is 0 Å². The van der Waals surface area contributed by atoms with Crippen LogP contribution in [0.5, 0.6) is 5.75 Å². The Bertz CT molecular complexity index is 292. The first kappa shape index (κ1) is 9.53. The van der Waals surface area contributed by atoms with Gasteiger partial charge < -0.3 is 9.84 Å². The molecular formula is C12H16O2. The van der Waals surface area contributed by atoms with Gasteiger partial charge in [-0.05, 0) is 42.9 Å². The number of aliphatic hydroxyl groups is 1. The zero-order valence-corrected chi connectivity index (χ0v) is 8.44. The van der Waals surface area contributed by atoms with E-state index in [4.69, 9.17) is 4.74 Å². The zero-order valence-electron chi connectivity index (χ0n) is 8.44. The molecule has 2 nitrogen and oxygen atoms in total. The van der Waals surface area contributed by atoms with Gasteiger partial charge in [0.15, 0.2) is 0 Å². The van der Waals surface area contributed by atoms with E-state index in [-0.39, 0.29) is 6.10 Å². The SMILES string of the molecule is COc1ccc([C@@H]2CC[C@@H](O)C2)cc1. The number of methoxy groups -OCH3 is 1. The summed E-state index contributed by atoms with van der Waals surface area (Å²) in [7, 11) is 1.67. The lowest BCUT2D eigenvalue weighted by Crippen LogP contribution is -1.99. The maximum Gasteiger partial charge on any atom is 0.118 e. The molecule has 0 bridgehead atoms. The van der Waals surface area contributed by atoms with Crippen LogP contribution in [-0.2, 0) is 0 Å². The minimum Gasteiger partial charge on any atom is -0.497 e. The van der Waals surface area contributed by atoms with E-state index < -0.39 is 0 Å². The summed E-state index contributed by atoms with van der Waals surface area (Å²) in [5.41, 5.74) is 1.32. The molecule has 0 unspecified atom stereocenters. The van der Waals surface area contributed by atoms with Crippen molar-refractivity contribution < 1.29 is 9.84 Å². The molecule has 0 saturated heterocycles. The van der Waals surface area contributed by atoms with E-state index in [0.29, 0.717) is 5.92 Å². The minimum absolute atomic E-state index is 0.0953. The summed E-state index contributed by atoms with van der Waals surface area (Å²) < 4.78 is 5.10. The van der Waals surface area contributed by atoms with E-state index in [1.165, 1.54) is 5.56 Å².